The minimum absolute atomic E-state index is 0.138. The smallest absolute Gasteiger partial charge is 0.228 e. The Hall–Kier alpha value is -1.92. The molecule has 3 rings (SSSR count). The zero-order valence-corrected chi connectivity index (χ0v) is 14.8. The number of nitrogens with zero attached hydrogens (tertiary/aromatic N) is 1. The van der Waals surface area contributed by atoms with Gasteiger partial charge in [-0.3, -0.25) is 9.59 Å². The van der Waals surface area contributed by atoms with E-state index in [-0.39, 0.29) is 18.2 Å². The van der Waals surface area contributed by atoms with Crippen molar-refractivity contribution < 1.29 is 9.59 Å². The first-order valence-electron chi connectivity index (χ1n) is 7.79. The van der Waals surface area contributed by atoms with Crippen molar-refractivity contribution in [2.45, 2.75) is 38.1 Å². The van der Waals surface area contributed by atoms with E-state index in [1.165, 1.54) is 31.1 Å². The molecule has 2 N–H and O–H groups in total. The summed E-state index contributed by atoms with van der Waals surface area (Å²) in [7, 11) is 0. The van der Waals surface area contributed by atoms with Crippen LogP contribution in [-0.4, -0.2) is 16.8 Å². The number of aromatic nitrogens is 1. The lowest BCUT2D eigenvalue weighted by atomic mass is 10.0. The van der Waals surface area contributed by atoms with E-state index in [1.807, 2.05) is 17.5 Å². The van der Waals surface area contributed by atoms with Gasteiger partial charge in [-0.15, -0.1) is 11.3 Å². The Morgan fingerprint density at radius 2 is 2.04 bits per heavy atom. The van der Waals surface area contributed by atoms with Crippen LogP contribution in [0.4, 0.5) is 5.13 Å². The molecule has 1 aromatic heterocycles. The van der Waals surface area contributed by atoms with Gasteiger partial charge >= 0.3 is 0 Å². The second kappa shape index (κ2) is 7.32. The van der Waals surface area contributed by atoms with E-state index in [9.17, 15) is 9.59 Å². The second-order valence-corrected chi connectivity index (χ2v) is 7.20. The number of hydrogen-bond donors (Lipinski definition) is 2. The summed E-state index contributed by atoms with van der Waals surface area (Å²) in [5.41, 5.74) is 1.90. The number of rotatable bonds is 6. The number of thiazole rings is 1. The standard InChI is InChI=1S/C17H18ClN3O2S/c1-10(22)19-14(11-4-6-13(18)7-5-11)8-16(23)21-17-20-15(9-24-17)12-2-3-12/h4-7,9,12,14H,2-3,8H2,1H3,(H,19,22)(H,20,21,23). The van der Waals surface area contributed by atoms with Gasteiger partial charge in [-0.2, -0.15) is 0 Å². The van der Waals surface area contributed by atoms with E-state index in [2.05, 4.69) is 15.6 Å². The highest BCUT2D eigenvalue weighted by Crippen LogP contribution is 2.40. The quantitative estimate of drug-likeness (QED) is 0.818. The van der Waals surface area contributed by atoms with Gasteiger partial charge in [0.05, 0.1) is 18.2 Å². The van der Waals surface area contributed by atoms with Crippen LogP contribution in [-0.2, 0) is 9.59 Å². The Morgan fingerprint density at radius 3 is 2.67 bits per heavy atom. The molecule has 7 heteroatoms. The lowest BCUT2D eigenvalue weighted by Gasteiger charge is -2.17. The lowest BCUT2D eigenvalue weighted by molar-refractivity contribution is -0.120. The zero-order chi connectivity index (χ0) is 17.1. The number of nitrogens with one attached hydrogen (secondary N) is 2. The van der Waals surface area contributed by atoms with Crippen LogP contribution in [0.1, 0.15) is 49.4 Å². The summed E-state index contributed by atoms with van der Waals surface area (Å²) in [6.07, 6.45) is 2.50. The number of benzene rings is 1. The van der Waals surface area contributed by atoms with Crippen LogP contribution < -0.4 is 10.6 Å². The monoisotopic (exact) mass is 363 g/mol. The predicted octanol–water partition coefficient (Wildman–Crippen LogP) is 3.88. The molecule has 1 heterocycles. The Morgan fingerprint density at radius 1 is 1.33 bits per heavy atom. The average molecular weight is 364 g/mol. The fourth-order valence-electron chi connectivity index (χ4n) is 2.46. The first-order chi connectivity index (χ1) is 11.5. The summed E-state index contributed by atoms with van der Waals surface area (Å²) >= 11 is 7.33. The topological polar surface area (TPSA) is 71.1 Å². The first-order valence-corrected chi connectivity index (χ1v) is 9.05. The number of carbonyl (C=O) groups is 2. The minimum Gasteiger partial charge on any atom is -0.349 e. The van der Waals surface area contributed by atoms with Gasteiger partial charge in [0.25, 0.3) is 0 Å². The number of amides is 2. The van der Waals surface area contributed by atoms with Gasteiger partial charge in [0.1, 0.15) is 0 Å². The van der Waals surface area contributed by atoms with Gasteiger partial charge in [0.2, 0.25) is 11.8 Å². The third-order valence-electron chi connectivity index (χ3n) is 3.80. The van der Waals surface area contributed by atoms with Crippen molar-refractivity contribution in [1.82, 2.24) is 10.3 Å². The molecule has 1 saturated carbocycles. The second-order valence-electron chi connectivity index (χ2n) is 5.91. The molecule has 1 aliphatic carbocycles. The highest BCUT2D eigenvalue weighted by molar-refractivity contribution is 7.13. The molecular weight excluding hydrogens is 346 g/mol. The van der Waals surface area contributed by atoms with E-state index < -0.39 is 6.04 Å². The number of halogens is 1. The maximum Gasteiger partial charge on any atom is 0.228 e. The molecule has 0 bridgehead atoms. The van der Waals surface area contributed by atoms with Gasteiger partial charge in [0, 0.05) is 23.2 Å². The maximum atomic E-state index is 12.3. The predicted molar refractivity (Wildman–Crippen MR) is 95.3 cm³/mol. The fraction of sp³-hybridized carbons (Fsp3) is 0.353. The molecule has 0 aliphatic heterocycles. The average Bonchev–Trinajstić information content (AvgIpc) is 3.27. The Bertz CT molecular complexity index is 741. The molecule has 2 amide bonds. The van der Waals surface area contributed by atoms with E-state index in [0.717, 1.165) is 11.3 Å². The molecule has 1 fully saturated rings. The third-order valence-corrected chi connectivity index (χ3v) is 4.83. The third kappa shape index (κ3) is 4.55. The van der Waals surface area contributed by atoms with Gasteiger partial charge in [-0.25, -0.2) is 4.98 Å². The van der Waals surface area contributed by atoms with Crippen LogP contribution in [0, 0.1) is 0 Å². The Balaban J connectivity index is 1.65. The molecule has 1 aliphatic rings. The number of carbonyl (C=O) groups excluding carboxylic acids is 2. The molecule has 24 heavy (non-hydrogen) atoms. The van der Waals surface area contributed by atoms with Gasteiger partial charge in [-0.1, -0.05) is 23.7 Å². The van der Waals surface area contributed by atoms with Gasteiger partial charge < -0.3 is 10.6 Å². The fourth-order valence-corrected chi connectivity index (χ4v) is 3.39. The number of hydrogen-bond acceptors (Lipinski definition) is 4. The SMILES string of the molecule is CC(=O)NC(CC(=O)Nc1nc(C2CC2)cs1)c1ccc(Cl)cc1. The summed E-state index contributed by atoms with van der Waals surface area (Å²) in [6, 6.07) is 6.71. The van der Waals surface area contributed by atoms with Crippen molar-refractivity contribution in [2.75, 3.05) is 5.32 Å². The molecule has 1 unspecified atom stereocenters. The lowest BCUT2D eigenvalue weighted by Crippen LogP contribution is -2.29. The molecule has 0 spiro atoms. The molecular formula is C17H18ClN3O2S. The summed E-state index contributed by atoms with van der Waals surface area (Å²) in [6.45, 7) is 1.43. The van der Waals surface area contributed by atoms with Crippen LogP contribution in [0.5, 0.6) is 0 Å². The van der Waals surface area contributed by atoms with Crippen molar-refractivity contribution in [3.05, 3.63) is 45.9 Å². The number of anilines is 1. The highest BCUT2D eigenvalue weighted by atomic mass is 35.5. The van der Waals surface area contributed by atoms with E-state index in [1.54, 1.807) is 12.1 Å². The molecule has 5 nitrogen and oxygen atoms in total. The van der Waals surface area contributed by atoms with Crippen molar-refractivity contribution in [3.63, 3.8) is 0 Å². The van der Waals surface area contributed by atoms with Crippen LogP contribution in [0.2, 0.25) is 5.02 Å². The molecule has 126 valence electrons. The summed E-state index contributed by atoms with van der Waals surface area (Å²) in [5.74, 6) is 0.196. The van der Waals surface area contributed by atoms with Crippen LogP contribution in [0.15, 0.2) is 29.6 Å². The zero-order valence-electron chi connectivity index (χ0n) is 13.2. The largest absolute Gasteiger partial charge is 0.349 e. The van der Waals surface area contributed by atoms with Crippen molar-refractivity contribution >= 4 is 39.9 Å². The molecule has 0 saturated heterocycles. The first kappa shape index (κ1) is 16.9. The minimum atomic E-state index is -0.400. The highest BCUT2D eigenvalue weighted by Gasteiger charge is 2.26. The molecule has 1 atom stereocenters. The molecule has 1 aromatic carbocycles. The van der Waals surface area contributed by atoms with Crippen LogP contribution in [0.3, 0.4) is 0 Å². The summed E-state index contributed by atoms with van der Waals surface area (Å²) in [4.78, 5) is 28.2. The maximum absolute atomic E-state index is 12.3. The van der Waals surface area contributed by atoms with Crippen molar-refractivity contribution in [3.8, 4) is 0 Å². The molecule has 2 aromatic rings. The van der Waals surface area contributed by atoms with E-state index in [4.69, 9.17) is 11.6 Å². The summed E-state index contributed by atoms with van der Waals surface area (Å²) < 4.78 is 0. The molecule has 0 radical (unpaired) electrons. The van der Waals surface area contributed by atoms with Crippen LogP contribution >= 0.6 is 22.9 Å². The van der Waals surface area contributed by atoms with Crippen LogP contribution in [0.25, 0.3) is 0 Å². The summed E-state index contributed by atoms with van der Waals surface area (Å²) in [5, 5.41) is 8.85. The normalized spacial score (nSPS) is 14.9. The van der Waals surface area contributed by atoms with E-state index in [0.29, 0.717) is 16.1 Å². The van der Waals surface area contributed by atoms with Gasteiger partial charge in [0.15, 0.2) is 5.13 Å². The van der Waals surface area contributed by atoms with Crippen molar-refractivity contribution in [2.24, 2.45) is 0 Å². The van der Waals surface area contributed by atoms with E-state index >= 15 is 0 Å². The Labute approximate surface area is 149 Å². The van der Waals surface area contributed by atoms with Gasteiger partial charge in [-0.05, 0) is 30.5 Å². The Kier molecular flexibility index (Phi) is 5.16. The van der Waals surface area contributed by atoms with Crippen molar-refractivity contribution in [1.29, 1.82) is 0 Å².